The molecule has 0 rings (SSSR count). The zero-order valence-corrected chi connectivity index (χ0v) is 41.8. The van der Waals surface area contributed by atoms with Crippen molar-refractivity contribution in [2.24, 2.45) is 11.8 Å². The first-order chi connectivity index (χ1) is 29.8. The fraction of sp³-hybridized carbons (Fsp3) is 0.945. The highest BCUT2D eigenvalue weighted by Gasteiger charge is 2.19. The molecule has 0 aromatic carbocycles. The van der Waals surface area contributed by atoms with Gasteiger partial charge in [0.1, 0.15) is 13.2 Å². The normalized spacial score (nSPS) is 12.5. The molecule has 0 aromatic heterocycles. The Balaban J connectivity index is 4.18. The van der Waals surface area contributed by atoms with Gasteiger partial charge in [0.25, 0.3) is 0 Å². The van der Waals surface area contributed by atoms with Crippen molar-refractivity contribution in [1.82, 2.24) is 0 Å². The average molecular weight is 863 g/mol. The largest absolute Gasteiger partial charge is 0.462 e. The van der Waals surface area contributed by atoms with Crippen LogP contribution in [0.1, 0.15) is 304 Å². The van der Waals surface area contributed by atoms with Crippen molar-refractivity contribution in [3.8, 4) is 0 Å². The monoisotopic (exact) mass is 863 g/mol. The number of carbonyl (C=O) groups excluding carboxylic acids is 3. The molecule has 362 valence electrons. The molecule has 6 heteroatoms. The van der Waals surface area contributed by atoms with Gasteiger partial charge in [0.05, 0.1) is 0 Å². The molecule has 61 heavy (non-hydrogen) atoms. The Morgan fingerprint density at radius 3 is 0.934 bits per heavy atom. The number of ether oxygens (including phenoxy) is 3. The smallest absolute Gasteiger partial charge is 0.306 e. The van der Waals surface area contributed by atoms with E-state index in [0.29, 0.717) is 19.3 Å². The molecule has 0 radical (unpaired) electrons. The van der Waals surface area contributed by atoms with Crippen LogP contribution in [0.4, 0.5) is 0 Å². The van der Waals surface area contributed by atoms with Crippen molar-refractivity contribution < 1.29 is 28.6 Å². The van der Waals surface area contributed by atoms with Gasteiger partial charge in [0.15, 0.2) is 6.10 Å². The molecular formula is C55H106O6. The lowest BCUT2D eigenvalue weighted by Gasteiger charge is -2.18. The molecule has 0 aromatic rings. The average Bonchev–Trinajstić information content (AvgIpc) is 3.24. The highest BCUT2D eigenvalue weighted by atomic mass is 16.6. The second-order valence-electron chi connectivity index (χ2n) is 19.6. The van der Waals surface area contributed by atoms with Crippen molar-refractivity contribution in [2.45, 2.75) is 310 Å². The van der Waals surface area contributed by atoms with Gasteiger partial charge >= 0.3 is 17.9 Å². The molecule has 0 aliphatic carbocycles. The molecule has 0 amide bonds. The lowest BCUT2D eigenvalue weighted by atomic mass is 9.99. The van der Waals surface area contributed by atoms with Gasteiger partial charge < -0.3 is 14.2 Å². The highest BCUT2D eigenvalue weighted by molar-refractivity contribution is 5.71. The summed E-state index contributed by atoms with van der Waals surface area (Å²) in [6, 6.07) is 0. The SMILES string of the molecule is CCCCCCCCCCCCCCC(=O)OC[C@@H](COC(=O)CCCCCCCCC(C)C)OC(=O)CCCCCCCCCCCCCCCCCCCCC(C)CC. The molecular weight excluding hydrogens is 757 g/mol. The van der Waals surface area contributed by atoms with E-state index in [2.05, 4.69) is 34.6 Å². The van der Waals surface area contributed by atoms with Crippen molar-refractivity contribution >= 4 is 17.9 Å². The molecule has 6 nitrogen and oxygen atoms in total. The Bertz CT molecular complexity index is 933. The number of hydrogen-bond donors (Lipinski definition) is 0. The van der Waals surface area contributed by atoms with Gasteiger partial charge in [-0.3, -0.25) is 14.4 Å². The van der Waals surface area contributed by atoms with E-state index in [9.17, 15) is 14.4 Å². The summed E-state index contributed by atoms with van der Waals surface area (Å²) in [6.07, 6.45) is 49.6. The van der Waals surface area contributed by atoms with Crippen molar-refractivity contribution in [2.75, 3.05) is 13.2 Å². The Kier molecular flexibility index (Phi) is 46.6. The van der Waals surface area contributed by atoms with Crippen LogP contribution in [0, 0.1) is 11.8 Å². The minimum atomic E-state index is -0.762. The van der Waals surface area contributed by atoms with Crippen LogP contribution >= 0.6 is 0 Å². The molecule has 0 bridgehead atoms. The summed E-state index contributed by atoms with van der Waals surface area (Å²) < 4.78 is 16.8. The van der Waals surface area contributed by atoms with E-state index in [0.717, 1.165) is 69.6 Å². The van der Waals surface area contributed by atoms with Crippen LogP contribution in [0.25, 0.3) is 0 Å². The van der Waals surface area contributed by atoms with Gasteiger partial charge in [-0.1, -0.05) is 266 Å². The Morgan fingerprint density at radius 1 is 0.344 bits per heavy atom. The Labute approximate surface area is 380 Å². The van der Waals surface area contributed by atoms with Gasteiger partial charge in [-0.2, -0.15) is 0 Å². The molecule has 2 atom stereocenters. The number of rotatable bonds is 49. The summed E-state index contributed by atoms with van der Waals surface area (Å²) >= 11 is 0. The van der Waals surface area contributed by atoms with Gasteiger partial charge in [-0.05, 0) is 31.1 Å². The van der Waals surface area contributed by atoms with E-state index in [4.69, 9.17) is 14.2 Å². The summed E-state index contributed by atoms with van der Waals surface area (Å²) in [5.41, 5.74) is 0. The molecule has 0 aliphatic rings. The predicted molar refractivity (Wildman–Crippen MR) is 261 cm³/mol. The zero-order valence-electron chi connectivity index (χ0n) is 41.8. The molecule has 0 saturated heterocycles. The molecule has 0 fully saturated rings. The van der Waals surface area contributed by atoms with Gasteiger partial charge in [-0.25, -0.2) is 0 Å². The summed E-state index contributed by atoms with van der Waals surface area (Å²) in [5, 5.41) is 0. The minimum Gasteiger partial charge on any atom is -0.462 e. The van der Waals surface area contributed by atoms with E-state index < -0.39 is 6.10 Å². The predicted octanol–water partition coefficient (Wildman–Crippen LogP) is 17.7. The lowest BCUT2D eigenvalue weighted by Crippen LogP contribution is -2.30. The minimum absolute atomic E-state index is 0.0642. The van der Waals surface area contributed by atoms with Crippen LogP contribution in [-0.2, 0) is 28.6 Å². The second-order valence-corrected chi connectivity index (χ2v) is 19.6. The van der Waals surface area contributed by atoms with Crippen LogP contribution in [-0.4, -0.2) is 37.2 Å². The topological polar surface area (TPSA) is 78.9 Å². The molecule has 0 heterocycles. The van der Waals surface area contributed by atoms with E-state index in [-0.39, 0.29) is 31.1 Å². The van der Waals surface area contributed by atoms with Crippen molar-refractivity contribution in [3.63, 3.8) is 0 Å². The Morgan fingerprint density at radius 2 is 0.623 bits per heavy atom. The maximum absolute atomic E-state index is 12.8. The third kappa shape index (κ3) is 47.7. The van der Waals surface area contributed by atoms with Crippen LogP contribution < -0.4 is 0 Å². The summed E-state index contributed by atoms with van der Waals surface area (Å²) in [4.78, 5) is 37.9. The number of carbonyl (C=O) groups is 3. The fourth-order valence-corrected chi connectivity index (χ4v) is 8.31. The number of unbranched alkanes of at least 4 members (excludes halogenated alkanes) is 33. The third-order valence-electron chi connectivity index (χ3n) is 12.8. The van der Waals surface area contributed by atoms with E-state index in [1.807, 2.05) is 0 Å². The first-order valence-electron chi connectivity index (χ1n) is 27.3. The maximum Gasteiger partial charge on any atom is 0.306 e. The Hall–Kier alpha value is -1.59. The van der Waals surface area contributed by atoms with E-state index in [1.165, 1.54) is 193 Å². The second kappa shape index (κ2) is 47.9. The molecule has 1 unspecified atom stereocenters. The number of esters is 3. The van der Waals surface area contributed by atoms with Crippen LogP contribution in [0.5, 0.6) is 0 Å². The molecule has 0 spiro atoms. The quantitative estimate of drug-likeness (QED) is 0.0344. The molecule has 0 aliphatic heterocycles. The standard InChI is InChI=1S/C55H106O6/c1-6-8-9-10-11-12-13-23-26-29-35-40-45-53(56)59-48-52(49-60-54(57)46-41-36-32-31-33-38-43-50(3)4)61-55(58)47-42-37-30-27-24-21-19-17-15-14-16-18-20-22-25-28-34-39-44-51(5)7-2/h50-52H,6-49H2,1-5H3/t51?,52-/m0/s1. The van der Waals surface area contributed by atoms with E-state index >= 15 is 0 Å². The fourth-order valence-electron chi connectivity index (χ4n) is 8.31. The van der Waals surface area contributed by atoms with E-state index in [1.54, 1.807) is 0 Å². The first kappa shape index (κ1) is 59.4. The summed E-state index contributed by atoms with van der Waals surface area (Å²) in [6.45, 7) is 11.4. The van der Waals surface area contributed by atoms with Gasteiger partial charge in [-0.15, -0.1) is 0 Å². The summed E-state index contributed by atoms with van der Waals surface area (Å²) in [5.74, 6) is 0.822. The van der Waals surface area contributed by atoms with Crippen molar-refractivity contribution in [1.29, 1.82) is 0 Å². The first-order valence-corrected chi connectivity index (χ1v) is 27.3. The van der Waals surface area contributed by atoms with Crippen LogP contribution in [0.3, 0.4) is 0 Å². The highest BCUT2D eigenvalue weighted by Crippen LogP contribution is 2.18. The van der Waals surface area contributed by atoms with Crippen LogP contribution in [0.15, 0.2) is 0 Å². The van der Waals surface area contributed by atoms with Crippen molar-refractivity contribution in [3.05, 3.63) is 0 Å². The maximum atomic E-state index is 12.8. The molecule has 0 N–H and O–H groups in total. The third-order valence-corrected chi connectivity index (χ3v) is 12.8. The number of hydrogen-bond acceptors (Lipinski definition) is 6. The molecule has 0 saturated carbocycles. The van der Waals surface area contributed by atoms with Gasteiger partial charge in [0.2, 0.25) is 0 Å². The summed E-state index contributed by atoms with van der Waals surface area (Å²) in [7, 11) is 0. The van der Waals surface area contributed by atoms with Crippen LogP contribution in [0.2, 0.25) is 0 Å². The van der Waals surface area contributed by atoms with Gasteiger partial charge in [0, 0.05) is 19.3 Å². The lowest BCUT2D eigenvalue weighted by molar-refractivity contribution is -0.167. The zero-order chi connectivity index (χ0) is 44.7.